The molecule has 3 saturated carbocycles. The minimum Gasteiger partial charge on any atom is -0.368 e. The van der Waals surface area contributed by atoms with E-state index in [1.54, 1.807) is 12.1 Å². The zero-order chi connectivity index (χ0) is 26.2. The van der Waals surface area contributed by atoms with Gasteiger partial charge >= 0.3 is 0 Å². The average molecular weight is 527 g/mol. The molecule has 0 saturated heterocycles. The van der Waals surface area contributed by atoms with E-state index >= 15 is 0 Å². The minimum atomic E-state index is -1.34. The summed E-state index contributed by atoms with van der Waals surface area (Å²) in [6, 6.07) is 15.1. The first-order valence-corrected chi connectivity index (χ1v) is 12.9. The molecular weight excluding hydrogens is 498 g/mol. The molecule has 3 fully saturated rings. The van der Waals surface area contributed by atoms with Gasteiger partial charge in [-0.15, -0.1) is 0 Å². The van der Waals surface area contributed by atoms with Crippen molar-refractivity contribution < 1.29 is 23.8 Å². The Balaban J connectivity index is 1.41. The molecule has 6 rings (SSSR count). The van der Waals surface area contributed by atoms with Crippen LogP contribution in [0.5, 0.6) is 0 Å². The summed E-state index contributed by atoms with van der Waals surface area (Å²) in [6.07, 6.45) is 4.46. The van der Waals surface area contributed by atoms with Crippen LogP contribution in [-0.2, 0) is 11.2 Å². The van der Waals surface area contributed by atoms with Crippen molar-refractivity contribution >= 4 is 17.5 Å². The SMILES string of the molecule is O=C(NC12CCC(C(O)O)(CC1)CC2)C(Cc1ccccc1)c1ccc(-c2c(F)ccc(Cl)c2F)cn1. The van der Waals surface area contributed by atoms with E-state index in [0.29, 0.717) is 50.6 Å². The maximum Gasteiger partial charge on any atom is 0.229 e. The number of nitrogens with one attached hydrogen (secondary N) is 1. The van der Waals surface area contributed by atoms with Crippen molar-refractivity contribution in [1.29, 1.82) is 0 Å². The topological polar surface area (TPSA) is 82.5 Å². The maximum absolute atomic E-state index is 14.6. The summed E-state index contributed by atoms with van der Waals surface area (Å²) in [5.41, 5.74) is 0.586. The number of aliphatic hydroxyl groups is 2. The van der Waals surface area contributed by atoms with Gasteiger partial charge in [-0.3, -0.25) is 9.78 Å². The van der Waals surface area contributed by atoms with Gasteiger partial charge in [0.05, 0.1) is 22.2 Å². The smallest absolute Gasteiger partial charge is 0.229 e. The molecule has 1 aromatic heterocycles. The van der Waals surface area contributed by atoms with E-state index in [2.05, 4.69) is 10.3 Å². The van der Waals surface area contributed by atoms with Crippen LogP contribution in [-0.4, -0.2) is 32.9 Å². The van der Waals surface area contributed by atoms with Crippen molar-refractivity contribution in [2.75, 3.05) is 0 Å². The molecule has 194 valence electrons. The number of fused-ring (bicyclic) bond motifs is 3. The average Bonchev–Trinajstić information content (AvgIpc) is 2.91. The lowest BCUT2D eigenvalue weighted by Crippen LogP contribution is -2.59. The summed E-state index contributed by atoms with van der Waals surface area (Å²) in [7, 11) is 0. The molecule has 3 aliphatic rings. The highest BCUT2D eigenvalue weighted by Gasteiger charge is 2.52. The molecule has 1 unspecified atom stereocenters. The van der Waals surface area contributed by atoms with Gasteiger partial charge in [-0.25, -0.2) is 8.78 Å². The van der Waals surface area contributed by atoms with Crippen LogP contribution in [0.2, 0.25) is 5.02 Å². The van der Waals surface area contributed by atoms with Crippen LogP contribution in [0.1, 0.15) is 55.7 Å². The normalized spacial score (nSPS) is 23.7. The van der Waals surface area contributed by atoms with Crippen LogP contribution in [0.25, 0.3) is 11.1 Å². The number of pyridine rings is 1. The van der Waals surface area contributed by atoms with E-state index in [-0.39, 0.29) is 27.6 Å². The molecule has 0 spiro atoms. The van der Waals surface area contributed by atoms with Crippen LogP contribution >= 0.6 is 11.6 Å². The lowest BCUT2D eigenvalue weighted by molar-refractivity contribution is -0.177. The van der Waals surface area contributed by atoms with Crippen LogP contribution in [0.3, 0.4) is 0 Å². The van der Waals surface area contributed by atoms with E-state index in [9.17, 15) is 23.8 Å². The first kappa shape index (κ1) is 25.8. The second kappa shape index (κ2) is 10.1. The molecule has 0 aliphatic heterocycles. The largest absolute Gasteiger partial charge is 0.368 e. The van der Waals surface area contributed by atoms with E-state index in [0.717, 1.165) is 11.6 Å². The molecule has 0 radical (unpaired) electrons. The Labute approximate surface area is 219 Å². The fourth-order valence-corrected chi connectivity index (χ4v) is 6.03. The third-order valence-electron chi connectivity index (χ3n) is 8.32. The van der Waals surface area contributed by atoms with Crippen molar-refractivity contribution in [2.24, 2.45) is 5.41 Å². The van der Waals surface area contributed by atoms with E-state index in [1.807, 2.05) is 30.3 Å². The lowest BCUT2D eigenvalue weighted by Gasteiger charge is -2.54. The Bertz CT molecular complexity index is 1260. The van der Waals surface area contributed by atoms with Crippen LogP contribution in [0.15, 0.2) is 60.8 Å². The summed E-state index contributed by atoms with van der Waals surface area (Å²) in [6.45, 7) is 0. The quantitative estimate of drug-likeness (QED) is 0.279. The van der Waals surface area contributed by atoms with Gasteiger partial charge in [-0.1, -0.05) is 48.0 Å². The zero-order valence-electron chi connectivity index (χ0n) is 20.3. The van der Waals surface area contributed by atoms with Gasteiger partial charge < -0.3 is 15.5 Å². The monoisotopic (exact) mass is 526 g/mol. The summed E-state index contributed by atoms with van der Waals surface area (Å²) in [5.74, 6) is -2.37. The number of aliphatic hydroxyl groups excluding tert-OH is 1. The van der Waals surface area contributed by atoms with Crippen molar-refractivity contribution in [3.05, 3.63) is 88.7 Å². The number of nitrogens with zero attached hydrogens (tertiary/aromatic N) is 1. The highest BCUT2D eigenvalue weighted by Crippen LogP contribution is 2.53. The standard InChI is InChI=1S/C29H29ClF2N2O3/c30-21-7-8-22(31)24(25(21)32)19-6-9-23(33-17-19)20(16-18-4-2-1-3-5-18)26(35)34-29-13-10-28(11-14-29,12-15-29)27(36)37/h1-9,17,20,27,36-37H,10-16H2,(H,34,35). The molecular formula is C29H29ClF2N2O3. The first-order valence-electron chi connectivity index (χ1n) is 12.5. The summed E-state index contributed by atoms with van der Waals surface area (Å²) >= 11 is 5.86. The van der Waals surface area contributed by atoms with Gasteiger partial charge in [-0.2, -0.15) is 0 Å². The molecule has 1 heterocycles. The van der Waals surface area contributed by atoms with Gasteiger partial charge in [0, 0.05) is 22.7 Å². The van der Waals surface area contributed by atoms with E-state index in [4.69, 9.17) is 11.6 Å². The van der Waals surface area contributed by atoms with Crippen molar-refractivity contribution in [1.82, 2.24) is 10.3 Å². The number of rotatable bonds is 7. The van der Waals surface area contributed by atoms with Crippen LogP contribution < -0.4 is 5.32 Å². The summed E-state index contributed by atoms with van der Waals surface area (Å²) in [5, 5.41) is 22.9. The van der Waals surface area contributed by atoms with Gasteiger partial charge in [0.2, 0.25) is 5.91 Å². The summed E-state index contributed by atoms with van der Waals surface area (Å²) < 4.78 is 28.9. The maximum atomic E-state index is 14.6. The molecule has 8 heteroatoms. The Kier molecular flexibility index (Phi) is 7.05. The Morgan fingerprint density at radius 1 is 0.973 bits per heavy atom. The highest BCUT2D eigenvalue weighted by atomic mass is 35.5. The van der Waals surface area contributed by atoms with Crippen molar-refractivity contribution in [3.63, 3.8) is 0 Å². The zero-order valence-corrected chi connectivity index (χ0v) is 21.0. The van der Waals surface area contributed by atoms with Crippen LogP contribution in [0.4, 0.5) is 8.78 Å². The molecule has 37 heavy (non-hydrogen) atoms. The highest BCUT2D eigenvalue weighted by molar-refractivity contribution is 6.31. The number of carbonyl (C=O) groups excluding carboxylic acids is 1. The molecule has 5 nitrogen and oxygen atoms in total. The number of halogens is 3. The fourth-order valence-electron chi connectivity index (χ4n) is 5.87. The third-order valence-corrected chi connectivity index (χ3v) is 8.61. The second-order valence-electron chi connectivity index (χ2n) is 10.4. The third kappa shape index (κ3) is 5.00. The number of hydrogen-bond donors (Lipinski definition) is 3. The van der Waals surface area contributed by atoms with E-state index < -0.39 is 29.3 Å². The van der Waals surface area contributed by atoms with Crippen molar-refractivity contribution in [3.8, 4) is 11.1 Å². The van der Waals surface area contributed by atoms with Crippen LogP contribution in [0, 0.1) is 17.0 Å². The second-order valence-corrected chi connectivity index (χ2v) is 10.8. The first-order chi connectivity index (χ1) is 17.7. The molecule has 3 N–H and O–H groups in total. The number of carbonyl (C=O) groups is 1. The predicted molar refractivity (Wildman–Crippen MR) is 137 cm³/mol. The molecule has 1 atom stereocenters. The van der Waals surface area contributed by atoms with Gasteiger partial charge in [0.15, 0.2) is 12.1 Å². The lowest BCUT2D eigenvalue weighted by atomic mass is 9.57. The number of benzene rings is 2. The molecule has 2 aromatic carbocycles. The number of amides is 1. The van der Waals surface area contributed by atoms with Crippen molar-refractivity contribution in [2.45, 2.75) is 62.7 Å². The Hall–Kier alpha value is -2.87. The van der Waals surface area contributed by atoms with E-state index in [1.165, 1.54) is 12.3 Å². The molecule has 3 aliphatic carbocycles. The summed E-state index contributed by atoms with van der Waals surface area (Å²) in [4.78, 5) is 18.2. The number of aromatic nitrogens is 1. The minimum absolute atomic E-state index is 0.164. The molecule has 2 bridgehead atoms. The fraction of sp³-hybridized carbons (Fsp3) is 0.379. The van der Waals surface area contributed by atoms with Gasteiger partial charge in [0.1, 0.15) is 5.82 Å². The number of hydrogen-bond acceptors (Lipinski definition) is 4. The van der Waals surface area contributed by atoms with Gasteiger partial charge in [-0.05, 0) is 68.7 Å². The molecule has 1 amide bonds. The Morgan fingerprint density at radius 3 is 2.24 bits per heavy atom. The predicted octanol–water partition coefficient (Wildman–Crippen LogP) is 5.53. The van der Waals surface area contributed by atoms with Gasteiger partial charge in [0.25, 0.3) is 0 Å². The Morgan fingerprint density at radius 2 is 1.65 bits per heavy atom. The molecule has 3 aromatic rings.